The van der Waals surface area contributed by atoms with Crippen LogP contribution in [0, 0.1) is 0 Å². The van der Waals surface area contributed by atoms with Gasteiger partial charge in [0.1, 0.15) is 0 Å². The molecule has 0 fully saturated rings. The molecule has 0 aliphatic carbocycles. The Hall–Kier alpha value is -1.85. The molecule has 6 heteroatoms. The van der Waals surface area contributed by atoms with Crippen LogP contribution in [0.5, 0.6) is 0 Å². The zero-order valence-electron chi connectivity index (χ0n) is 9.86. The molecule has 0 saturated carbocycles. The predicted molar refractivity (Wildman–Crippen MR) is 58.5 cm³/mol. The molecule has 0 amide bonds. The van der Waals surface area contributed by atoms with E-state index in [1.807, 2.05) is 6.92 Å². The van der Waals surface area contributed by atoms with E-state index in [1.165, 1.54) is 6.92 Å². The van der Waals surface area contributed by atoms with Crippen LogP contribution in [-0.2, 0) is 19.1 Å². The molecule has 0 radical (unpaired) electrons. The van der Waals surface area contributed by atoms with Crippen molar-refractivity contribution in [2.45, 2.75) is 33.1 Å². The lowest BCUT2D eigenvalue weighted by molar-refractivity contribution is -0.139. The summed E-state index contributed by atoms with van der Waals surface area (Å²) in [6.07, 6.45) is -0.301. The van der Waals surface area contributed by atoms with Gasteiger partial charge in [0.05, 0.1) is 19.4 Å². The third-order valence-electron chi connectivity index (χ3n) is 2.00. The highest BCUT2D eigenvalue weighted by molar-refractivity contribution is 5.91. The van der Waals surface area contributed by atoms with Crippen LogP contribution in [0.25, 0.3) is 0 Å². The minimum atomic E-state index is -1.18. The first-order chi connectivity index (χ1) is 7.88. The molecule has 0 aromatic rings. The van der Waals surface area contributed by atoms with Gasteiger partial charge < -0.3 is 14.9 Å². The fraction of sp³-hybridized carbons (Fsp3) is 0.545. The molecule has 0 saturated heterocycles. The number of hydrogen-bond donors (Lipinski definition) is 2. The Labute approximate surface area is 98.9 Å². The zero-order chi connectivity index (χ0) is 13.4. The summed E-state index contributed by atoms with van der Waals surface area (Å²) in [4.78, 5) is 32.5. The Bertz CT molecular complexity index is 324. The molecular weight excluding hydrogens is 228 g/mol. The molecule has 2 N–H and O–H groups in total. The third-order valence-corrected chi connectivity index (χ3v) is 2.00. The summed E-state index contributed by atoms with van der Waals surface area (Å²) in [6.45, 7) is 3.42. The molecule has 0 atom stereocenters. The predicted octanol–water partition coefficient (Wildman–Crippen LogP) is 1.21. The van der Waals surface area contributed by atoms with Gasteiger partial charge in [0.15, 0.2) is 0 Å². The number of carbonyl (C=O) groups excluding carboxylic acids is 1. The molecular formula is C11H16O6. The second kappa shape index (κ2) is 7.43. The number of rotatable bonds is 7. The standard InChI is InChI=1S/C11H16O6/c1-3-4-17-11(16)7(2)8(5-9(12)13)6-10(14)15/h3-6H2,1-2H3,(H,12,13)(H,14,15). The summed E-state index contributed by atoms with van der Waals surface area (Å²) in [5.74, 6) is -3.02. The SMILES string of the molecule is CCCOC(=O)C(C)=C(CC(=O)O)CC(=O)O. The molecule has 0 rings (SSSR count). The van der Waals surface area contributed by atoms with Crippen molar-refractivity contribution in [1.82, 2.24) is 0 Å². The Morgan fingerprint density at radius 1 is 1.06 bits per heavy atom. The first kappa shape index (κ1) is 15.2. The summed E-state index contributed by atoms with van der Waals surface area (Å²) >= 11 is 0. The van der Waals surface area contributed by atoms with Crippen LogP contribution in [0.15, 0.2) is 11.1 Å². The molecule has 0 heterocycles. The van der Waals surface area contributed by atoms with Crippen molar-refractivity contribution >= 4 is 17.9 Å². The average Bonchev–Trinajstić information content (AvgIpc) is 2.22. The number of esters is 1. The summed E-state index contributed by atoms with van der Waals surface area (Å²) in [5, 5.41) is 17.2. The lowest BCUT2D eigenvalue weighted by atomic mass is 10.0. The van der Waals surface area contributed by atoms with Crippen molar-refractivity contribution in [3.63, 3.8) is 0 Å². The largest absolute Gasteiger partial charge is 0.481 e. The van der Waals surface area contributed by atoms with Crippen LogP contribution < -0.4 is 0 Å². The van der Waals surface area contributed by atoms with Gasteiger partial charge >= 0.3 is 17.9 Å². The molecule has 0 aromatic carbocycles. The number of ether oxygens (including phenoxy) is 1. The van der Waals surface area contributed by atoms with Crippen LogP contribution >= 0.6 is 0 Å². The van der Waals surface area contributed by atoms with E-state index in [2.05, 4.69) is 0 Å². The van der Waals surface area contributed by atoms with Crippen molar-refractivity contribution in [2.75, 3.05) is 6.61 Å². The van der Waals surface area contributed by atoms with Crippen LogP contribution in [0.3, 0.4) is 0 Å². The van der Waals surface area contributed by atoms with Gasteiger partial charge in [-0.2, -0.15) is 0 Å². The van der Waals surface area contributed by atoms with Gasteiger partial charge in [0.25, 0.3) is 0 Å². The first-order valence-corrected chi connectivity index (χ1v) is 5.17. The maximum atomic E-state index is 11.4. The second-order valence-electron chi connectivity index (χ2n) is 3.51. The second-order valence-corrected chi connectivity index (χ2v) is 3.51. The summed E-state index contributed by atoms with van der Waals surface area (Å²) in [6, 6.07) is 0. The van der Waals surface area contributed by atoms with E-state index in [0.717, 1.165) is 0 Å². The van der Waals surface area contributed by atoms with Gasteiger partial charge in [-0.05, 0) is 18.9 Å². The van der Waals surface area contributed by atoms with Crippen molar-refractivity contribution < 1.29 is 29.3 Å². The van der Waals surface area contributed by atoms with Crippen LogP contribution in [0.2, 0.25) is 0 Å². The van der Waals surface area contributed by atoms with Crippen LogP contribution in [0.1, 0.15) is 33.1 Å². The highest BCUT2D eigenvalue weighted by Gasteiger charge is 2.17. The van der Waals surface area contributed by atoms with Crippen LogP contribution in [0.4, 0.5) is 0 Å². The Balaban J connectivity index is 4.87. The van der Waals surface area contributed by atoms with E-state index in [-0.39, 0.29) is 17.8 Å². The topological polar surface area (TPSA) is 101 Å². The normalized spacial score (nSPS) is 9.53. The van der Waals surface area contributed by atoms with Gasteiger partial charge in [-0.15, -0.1) is 0 Å². The number of carboxylic acid groups (broad SMARTS) is 2. The minimum absolute atomic E-state index is 0.0586. The quantitative estimate of drug-likeness (QED) is 0.515. The van der Waals surface area contributed by atoms with Gasteiger partial charge in [0, 0.05) is 5.57 Å². The molecule has 0 unspecified atom stereocenters. The zero-order valence-corrected chi connectivity index (χ0v) is 9.86. The molecule has 6 nitrogen and oxygen atoms in total. The maximum Gasteiger partial charge on any atom is 0.333 e. The van der Waals surface area contributed by atoms with Gasteiger partial charge in [0.2, 0.25) is 0 Å². The van der Waals surface area contributed by atoms with Gasteiger partial charge in [-0.1, -0.05) is 6.92 Å². The minimum Gasteiger partial charge on any atom is -0.481 e. The number of aliphatic carboxylic acids is 2. The fourth-order valence-electron chi connectivity index (χ4n) is 1.14. The third kappa shape index (κ3) is 6.34. The van der Waals surface area contributed by atoms with Crippen molar-refractivity contribution in [2.24, 2.45) is 0 Å². The van der Waals surface area contributed by atoms with Crippen molar-refractivity contribution in [1.29, 1.82) is 0 Å². The average molecular weight is 244 g/mol. The Kier molecular flexibility index (Phi) is 6.62. The van der Waals surface area contributed by atoms with E-state index in [4.69, 9.17) is 14.9 Å². The lowest BCUT2D eigenvalue weighted by Gasteiger charge is -2.08. The maximum absolute atomic E-state index is 11.4. The molecule has 0 aliphatic heterocycles. The summed E-state index contributed by atoms with van der Waals surface area (Å²) < 4.78 is 4.81. The molecule has 0 spiro atoms. The van der Waals surface area contributed by atoms with E-state index in [1.54, 1.807) is 0 Å². The van der Waals surface area contributed by atoms with E-state index in [0.29, 0.717) is 6.42 Å². The number of carbonyl (C=O) groups is 3. The monoisotopic (exact) mass is 244 g/mol. The summed E-state index contributed by atoms with van der Waals surface area (Å²) in [5.41, 5.74) is 0.120. The summed E-state index contributed by atoms with van der Waals surface area (Å²) in [7, 11) is 0. The number of carboxylic acids is 2. The van der Waals surface area contributed by atoms with Crippen LogP contribution in [-0.4, -0.2) is 34.7 Å². The molecule has 17 heavy (non-hydrogen) atoms. The highest BCUT2D eigenvalue weighted by atomic mass is 16.5. The Morgan fingerprint density at radius 2 is 1.53 bits per heavy atom. The number of hydrogen-bond acceptors (Lipinski definition) is 4. The highest BCUT2D eigenvalue weighted by Crippen LogP contribution is 2.15. The van der Waals surface area contributed by atoms with Gasteiger partial charge in [-0.3, -0.25) is 9.59 Å². The first-order valence-electron chi connectivity index (χ1n) is 5.17. The van der Waals surface area contributed by atoms with Crippen molar-refractivity contribution in [3.05, 3.63) is 11.1 Å². The fourth-order valence-corrected chi connectivity index (χ4v) is 1.14. The van der Waals surface area contributed by atoms with Crippen molar-refractivity contribution in [3.8, 4) is 0 Å². The molecule has 96 valence electrons. The smallest absolute Gasteiger partial charge is 0.333 e. The molecule has 0 aliphatic rings. The Morgan fingerprint density at radius 3 is 1.88 bits per heavy atom. The molecule has 0 bridgehead atoms. The van der Waals surface area contributed by atoms with E-state index < -0.39 is 30.7 Å². The van der Waals surface area contributed by atoms with E-state index in [9.17, 15) is 14.4 Å². The van der Waals surface area contributed by atoms with Gasteiger partial charge in [-0.25, -0.2) is 4.79 Å². The molecule has 0 aromatic heterocycles. The van der Waals surface area contributed by atoms with E-state index >= 15 is 0 Å². The lowest BCUT2D eigenvalue weighted by Crippen LogP contribution is -2.12.